The fourth-order valence-corrected chi connectivity index (χ4v) is 1.91. The molecule has 1 aromatic rings. The van der Waals surface area contributed by atoms with Gasteiger partial charge < -0.3 is 5.73 Å². The molecule has 1 aliphatic rings. The lowest BCUT2D eigenvalue weighted by Gasteiger charge is -2.25. The molecule has 1 aliphatic carbocycles. The van der Waals surface area contributed by atoms with Crippen molar-refractivity contribution in [3.63, 3.8) is 0 Å². The van der Waals surface area contributed by atoms with Gasteiger partial charge in [0.05, 0.1) is 0 Å². The van der Waals surface area contributed by atoms with Gasteiger partial charge in [-0.3, -0.25) is 0 Å². The van der Waals surface area contributed by atoms with Crippen LogP contribution in [0.15, 0.2) is 18.2 Å². The highest BCUT2D eigenvalue weighted by Gasteiger charge is 2.18. The molecule has 0 saturated heterocycles. The highest BCUT2D eigenvalue weighted by molar-refractivity contribution is 5.49. The molecule has 13 heavy (non-hydrogen) atoms. The molecular formula is C12H17N. The second-order valence-corrected chi connectivity index (χ2v) is 4.20. The molecule has 1 fully saturated rings. The topological polar surface area (TPSA) is 26.0 Å². The monoisotopic (exact) mass is 175 g/mol. The Morgan fingerprint density at radius 2 is 2.15 bits per heavy atom. The van der Waals surface area contributed by atoms with Crippen molar-refractivity contribution in [3.8, 4) is 0 Å². The van der Waals surface area contributed by atoms with Gasteiger partial charge in [0.25, 0.3) is 0 Å². The predicted molar refractivity (Wildman–Crippen MR) is 56.6 cm³/mol. The van der Waals surface area contributed by atoms with Gasteiger partial charge in [0.2, 0.25) is 0 Å². The molecule has 2 rings (SSSR count). The van der Waals surface area contributed by atoms with Gasteiger partial charge in [0, 0.05) is 5.69 Å². The van der Waals surface area contributed by atoms with Gasteiger partial charge in [-0.15, -0.1) is 0 Å². The third kappa shape index (κ3) is 1.85. The van der Waals surface area contributed by atoms with Gasteiger partial charge in [-0.05, 0) is 36.5 Å². The molecular weight excluding hydrogens is 158 g/mol. The molecule has 0 unspecified atom stereocenters. The molecule has 0 amide bonds. The molecule has 0 heterocycles. The number of nitrogen functional groups attached to an aromatic ring is 1. The van der Waals surface area contributed by atoms with Crippen LogP contribution in [0.3, 0.4) is 0 Å². The smallest absolute Gasteiger partial charge is 0.0349 e. The zero-order valence-corrected chi connectivity index (χ0v) is 8.22. The summed E-state index contributed by atoms with van der Waals surface area (Å²) in [5.74, 6) is 0.907. The first-order chi connectivity index (χ1) is 6.25. The minimum atomic E-state index is 0.907. The normalized spacial score (nSPS) is 17.0. The fraction of sp³-hybridized carbons (Fsp3) is 0.500. The van der Waals surface area contributed by atoms with Crippen molar-refractivity contribution in [2.45, 2.75) is 32.6 Å². The maximum Gasteiger partial charge on any atom is 0.0349 e. The molecule has 1 aromatic carbocycles. The Balaban J connectivity index is 2.10. The zero-order valence-electron chi connectivity index (χ0n) is 8.22. The van der Waals surface area contributed by atoms with Crippen LogP contribution in [-0.4, -0.2) is 0 Å². The predicted octanol–water partition coefficient (Wildman–Crippen LogP) is 2.92. The molecule has 0 aromatic heterocycles. The lowest BCUT2D eigenvalue weighted by atomic mass is 9.80. The van der Waals surface area contributed by atoms with Crippen molar-refractivity contribution < 1.29 is 0 Å². The summed E-state index contributed by atoms with van der Waals surface area (Å²) in [6.45, 7) is 2.09. The number of rotatable bonds is 2. The first kappa shape index (κ1) is 8.61. The molecule has 1 nitrogen and oxygen atoms in total. The van der Waals surface area contributed by atoms with E-state index < -0.39 is 0 Å². The highest BCUT2D eigenvalue weighted by Crippen LogP contribution is 2.31. The molecule has 0 radical (unpaired) electrons. The molecule has 70 valence electrons. The van der Waals surface area contributed by atoms with Gasteiger partial charge in [-0.1, -0.05) is 31.4 Å². The minimum Gasteiger partial charge on any atom is -0.398 e. The van der Waals surface area contributed by atoms with E-state index in [-0.39, 0.29) is 0 Å². The number of hydrogen-bond acceptors (Lipinski definition) is 1. The average Bonchev–Trinajstić information content (AvgIpc) is 1.99. The van der Waals surface area contributed by atoms with E-state index in [9.17, 15) is 0 Å². The van der Waals surface area contributed by atoms with Crippen molar-refractivity contribution in [3.05, 3.63) is 29.3 Å². The Kier molecular flexibility index (Phi) is 2.26. The van der Waals surface area contributed by atoms with Crippen LogP contribution in [-0.2, 0) is 6.42 Å². The van der Waals surface area contributed by atoms with E-state index in [0.717, 1.165) is 11.6 Å². The van der Waals surface area contributed by atoms with Gasteiger partial charge in [-0.25, -0.2) is 0 Å². The minimum absolute atomic E-state index is 0.907. The largest absolute Gasteiger partial charge is 0.398 e. The van der Waals surface area contributed by atoms with Gasteiger partial charge >= 0.3 is 0 Å². The van der Waals surface area contributed by atoms with Crippen molar-refractivity contribution in [1.29, 1.82) is 0 Å². The Labute approximate surface area is 80.0 Å². The average molecular weight is 175 g/mol. The van der Waals surface area contributed by atoms with Crippen LogP contribution in [0.1, 0.15) is 30.4 Å². The summed E-state index contributed by atoms with van der Waals surface area (Å²) in [5, 5.41) is 0. The number of benzene rings is 1. The summed E-state index contributed by atoms with van der Waals surface area (Å²) in [5.41, 5.74) is 9.53. The lowest BCUT2D eigenvalue weighted by molar-refractivity contribution is 0.315. The molecule has 0 aliphatic heterocycles. The van der Waals surface area contributed by atoms with Crippen molar-refractivity contribution in [1.82, 2.24) is 0 Å². The molecule has 0 spiro atoms. The summed E-state index contributed by atoms with van der Waals surface area (Å²) in [4.78, 5) is 0. The Bertz CT molecular complexity index is 300. The molecule has 1 saturated carbocycles. The van der Waals surface area contributed by atoms with Crippen LogP contribution in [0.5, 0.6) is 0 Å². The molecule has 0 bridgehead atoms. The first-order valence-corrected chi connectivity index (χ1v) is 5.11. The van der Waals surface area contributed by atoms with E-state index in [1.165, 1.54) is 36.8 Å². The van der Waals surface area contributed by atoms with Crippen LogP contribution >= 0.6 is 0 Å². The van der Waals surface area contributed by atoms with Crippen LogP contribution in [0, 0.1) is 12.8 Å². The van der Waals surface area contributed by atoms with E-state index >= 15 is 0 Å². The third-order valence-corrected chi connectivity index (χ3v) is 3.03. The van der Waals surface area contributed by atoms with Crippen LogP contribution < -0.4 is 5.73 Å². The molecule has 2 N–H and O–H groups in total. The lowest BCUT2D eigenvalue weighted by Crippen LogP contribution is -2.14. The van der Waals surface area contributed by atoms with E-state index in [0.29, 0.717) is 0 Å². The number of hydrogen-bond donors (Lipinski definition) is 1. The molecule has 0 atom stereocenters. The van der Waals surface area contributed by atoms with Gasteiger partial charge in [0.1, 0.15) is 0 Å². The SMILES string of the molecule is Cc1ccc(CC2CCC2)c(N)c1. The second-order valence-electron chi connectivity index (χ2n) is 4.20. The third-order valence-electron chi connectivity index (χ3n) is 3.03. The highest BCUT2D eigenvalue weighted by atomic mass is 14.6. The number of aryl methyl sites for hydroxylation is 1. The summed E-state index contributed by atoms with van der Waals surface area (Å²) in [6.07, 6.45) is 5.39. The summed E-state index contributed by atoms with van der Waals surface area (Å²) < 4.78 is 0. The van der Waals surface area contributed by atoms with E-state index in [4.69, 9.17) is 5.73 Å². The van der Waals surface area contributed by atoms with E-state index in [2.05, 4.69) is 25.1 Å². The standard InChI is InChI=1S/C12H17N/c1-9-5-6-11(12(13)7-9)8-10-3-2-4-10/h5-7,10H,2-4,8,13H2,1H3. The van der Waals surface area contributed by atoms with Crippen LogP contribution in [0.2, 0.25) is 0 Å². The van der Waals surface area contributed by atoms with Crippen molar-refractivity contribution >= 4 is 5.69 Å². The second kappa shape index (κ2) is 3.41. The van der Waals surface area contributed by atoms with Crippen molar-refractivity contribution in [2.75, 3.05) is 5.73 Å². The van der Waals surface area contributed by atoms with Crippen LogP contribution in [0.4, 0.5) is 5.69 Å². The fourth-order valence-electron chi connectivity index (χ4n) is 1.91. The summed E-state index contributed by atoms with van der Waals surface area (Å²) in [7, 11) is 0. The van der Waals surface area contributed by atoms with Gasteiger partial charge in [-0.2, -0.15) is 0 Å². The quantitative estimate of drug-likeness (QED) is 0.687. The zero-order chi connectivity index (χ0) is 9.26. The van der Waals surface area contributed by atoms with Crippen molar-refractivity contribution in [2.24, 2.45) is 5.92 Å². The Hall–Kier alpha value is -0.980. The first-order valence-electron chi connectivity index (χ1n) is 5.11. The Morgan fingerprint density at radius 1 is 1.38 bits per heavy atom. The number of nitrogens with two attached hydrogens (primary N) is 1. The molecule has 1 heteroatoms. The Morgan fingerprint density at radius 3 is 2.69 bits per heavy atom. The summed E-state index contributed by atoms with van der Waals surface area (Å²) >= 11 is 0. The van der Waals surface area contributed by atoms with E-state index in [1.807, 2.05) is 0 Å². The summed E-state index contributed by atoms with van der Waals surface area (Å²) in [6, 6.07) is 6.42. The van der Waals surface area contributed by atoms with Gasteiger partial charge in [0.15, 0.2) is 0 Å². The maximum absolute atomic E-state index is 5.95. The van der Waals surface area contributed by atoms with Crippen LogP contribution in [0.25, 0.3) is 0 Å². The van der Waals surface area contributed by atoms with E-state index in [1.54, 1.807) is 0 Å². The number of anilines is 1. The maximum atomic E-state index is 5.95.